The quantitative estimate of drug-likeness (QED) is 0.446. The van der Waals surface area contributed by atoms with Crippen molar-refractivity contribution in [2.24, 2.45) is 0 Å². The molecule has 4 rings (SSSR count). The molecule has 1 aromatic heterocycles. The lowest BCUT2D eigenvalue weighted by Gasteiger charge is -2.04. The van der Waals surface area contributed by atoms with Crippen LogP contribution in [0.5, 0.6) is 0 Å². The number of nitrogens with zero attached hydrogens (tertiary/aromatic N) is 1. The average Bonchev–Trinajstić information content (AvgIpc) is 2.97. The van der Waals surface area contributed by atoms with Gasteiger partial charge in [0.2, 0.25) is 0 Å². The number of thiazole rings is 1. The highest BCUT2D eigenvalue weighted by Crippen LogP contribution is 2.38. The van der Waals surface area contributed by atoms with E-state index in [0.29, 0.717) is 0 Å². The first-order valence-corrected chi connectivity index (χ1v) is 8.15. The van der Waals surface area contributed by atoms with E-state index < -0.39 is 0 Å². The number of rotatable bonds is 2. The van der Waals surface area contributed by atoms with Gasteiger partial charge in [-0.05, 0) is 17.7 Å². The smallest absolute Gasteiger partial charge is 0.124 e. The van der Waals surface area contributed by atoms with E-state index in [4.69, 9.17) is 4.98 Å². The molecule has 0 atom stereocenters. The summed E-state index contributed by atoms with van der Waals surface area (Å²) < 4.78 is 0. The maximum Gasteiger partial charge on any atom is 0.124 e. The molecule has 2 heteroatoms. The Morgan fingerprint density at radius 2 is 1.50 bits per heavy atom. The first-order chi connectivity index (χ1) is 10.8. The zero-order chi connectivity index (χ0) is 14.9. The van der Waals surface area contributed by atoms with Crippen molar-refractivity contribution < 1.29 is 0 Å². The normalized spacial score (nSPS) is 11.0. The molecule has 0 aliphatic rings. The Bertz CT molecular complexity index is 933. The highest BCUT2D eigenvalue weighted by molar-refractivity contribution is 7.18. The summed E-state index contributed by atoms with van der Waals surface area (Å²) in [6.45, 7) is 2.10. The molecule has 1 heterocycles. The number of hydrogen-bond donors (Lipinski definition) is 0. The van der Waals surface area contributed by atoms with Crippen LogP contribution in [-0.4, -0.2) is 4.98 Å². The number of hydrogen-bond acceptors (Lipinski definition) is 2. The molecule has 0 saturated heterocycles. The van der Waals surface area contributed by atoms with Crippen LogP contribution in [0.1, 0.15) is 5.69 Å². The van der Waals surface area contributed by atoms with Gasteiger partial charge >= 0.3 is 0 Å². The summed E-state index contributed by atoms with van der Waals surface area (Å²) in [6.07, 6.45) is 0. The van der Waals surface area contributed by atoms with Crippen molar-refractivity contribution in [2.75, 3.05) is 0 Å². The molecule has 0 saturated carbocycles. The number of aryl methyl sites for hydroxylation is 1. The predicted octanol–water partition coefficient (Wildman–Crippen LogP) is 5.94. The van der Waals surface area contributed by atoms with E-state index in [0.717, 1.165) is 10.7 Å². The van der Waals surface area contributed by atoms with Gasteiger partial charge in [0.1, 0.15) is 5.01 Å². The molecule has 0 unspecified atom stereocenters. The Morgan fingerprint density at radius 3 is 2.36 bits per heavy atom. The molecule has 22 heavy (non-hydrogen) atoms. The molecule has 0 amide bonds. The van der Waals surface area contributed by atoms with Gasteiger partial charge in [-0.1, -0.05) is 72.8 Å². The maximum absolute atomic E-state index is 4.78. The fourth-order valence-electron chi connectivity index (χ4n) is 2.77. The van der Waals surface area contributed by atoms with Gasteiger partial charge in [0, 0.05) is 11.1 Å². The van der Waals surface area contributed by atoms with E-state index in [1.54, 1.807) is 11.3 Å². The molecule has 0 aliphatic heterocycles. The van der Waals surface area contributed by atoms with Crippen LogP contribution in [0.3, 0.4) is 0 Å². The summed E-state index contributed by atoms with van der Waals surface area (Å²) in [5.41, 5.74) is 3.55. The van der Waals surface area contributed by atoms with E-state index in [2.05, 4.69) is 73.7 Å². The van der Waals surface area contributed by atoms with Crippen LogP contribution in [0.25, 0.3) is 31.8 Å². The third-order valence-electron chi connectivity index (χ3n) is 3.85. The van der Waals surface area contributed by atoms with Crippen LogP contribution in [0.15, 0.2) is 72.8 Å². The standard InChI is InChI=1S/C20H15NS/c1-14-19(22-20(21-14)16-9-3-2-4-10-16)18-13-7-11-15-8-5-6-12-17(15)18/h2-13H,1H3. The first-order valence-electron chi connectivity index (χ1n) is 7.34. The van der Waals surface area contributed by atoms with Gasteiger partial charge in [-0.15, -0.1) is 11.3 Å². The molecular weight excluding hydrogens is 286 g/mol. The number of aromatic nitrogens is 1. The second-order valence-corrected chi connectivity index (χ2v) is 6.33. The van der Waals surface area contributed by atoms with Crippen molar-refractivity contribution in [2.45, 2.75) is 6.92 Å². The Morgan fingerprint density at radius 1 is 0.773 bits per heavy atom. The van der Waals surface area contributed by atoms with Crippen LogP contribution in [-0.2, 0) is 0 Å². The Labute approximate surface area is 133 Å². The first kappa shape index (κ1) is 13.2. The van der Waals surface area contributed by atoms with E-state index in [1.165, 1.54) is 26.8 Å². The summed E-state index contributed by atoms with van der Waals surface area (Å²) in [6, 6.07) is 25.4. The van der Waals surface area contributed by atoms with Crippen molar-refractivity contribution in [1.82, 2.24) is 4.98 Å². The minimum absolute atomic E-state index is 1.08. The SMILES string of the molecule is Cc1nc(-c2ccccc2)sc1-c1cccc2ccccc12. The van der Waals surface area contributed by atoms with Crippen LogP contribution in [0, 0.1) is 6.92 Å². The molecule has 4 aromatic rings. The van der Waals surface area contributed by atoms with Crippen LogP contribution >= 0.6 is 11.3 Å². The second kappa shape index (κ2) is 5.39. The minimum Gasteiger partial charge on any atom is -0.241 e. The van der Waals surface area contributed by atoms with Crippen LogP contribution in [0.2, 0.25) is 0 Å². The van der Waals surface area contributed by atoms with E-state index >= 15 is 0 Å². The minimum atomic E-state index is 1.08. The maximum atomic E-state index is 4.78. The van der Waals surface area contributed by atoms with Gasteiger partial charge in [0.15, 0.2) is 0 Å². The molecule has 1 nitrogen and oxygen atoms in total. The van der Waals surface area contributed by atoms with Crippen molar-refractivity contribution >= 4 is 22.1 Å². The third kappa shape index (κ3) is 2.22. The van der Waals surface area contributed by atoms with Crippen molar-refractivity contribution in [3.8, 4) is 21.0 Å². The van der Waals surface area contributed by atoms with Crippen molar-refractivity contribution in [3.63, 3.8) is 0 Å². The van der Waals surface area contributed by atoms with Gasteiger partial charge in [-0.3, -0.25) is 0 Å². The largest absolute Gasteiger partial charge is 0.241 e. The summed E-state index contributed by atoms with van der Waals surface area (Å²) >= 11 is 1.77. The summed E-state index contributed by atoms with van der Waals surface area (Å²) in [4.78, 5) is 6.04. The molecule has 0 fully saturated rings. The molecule has 0 spiro atoms. The molecule has 0 N–H and O–H groups in total. The fourth-order valence-corrected chi connectivity index (χ4v) is 3.89. The summed E-state index contributed by atoms with van der Waals surface area (Å²) in [5, 5.41) is 3.64. The zero-order valence-corrected chi connectivity index (χ0v) is 13.1. The second-order valence-electron chi connectivity index (χ2n) is 5.33. The highest BCUT2D eigenvalue weighted by atomic mass is 32.1. The average molecular weight is 301 g/mol. The lowest BCUT2D eigenvalue weighted by Crippen LogP contribution is -1.81. The number of benzene rings is 3. The summed E-state index contributed by atoms with van der Waals surface area (Å²) in [5.74, 6) is 0. The Hall–Kier alpha value is -2.45. The van der Waals surface area contributed by atoms with Crippen molar-refractivity contribution in [3.05, 3.63) is 78.5 Å². The van der Waals surface area contributed by atoms with Crippen LogP contribution < -0.4 is 0 Å². The van der Waals surface area contributed by atoms with Gasteiger partial charge in [-0.25, -0.2) is 4.98 Å². The Balaban J connectivity index is 1.91. The van der Waals surface area contributed by atoms with Gasteiger partial charge in [0.05, 0.1) is 10.6 Å². The van der Waals surface area contributed by atoms with Gasteiger partial charge < -0.3 is 0 Å². The molecular formula is C20H15NS. The molecule has 0 aliphatic carbocycles. The van der Waals surface area contributed by atoms with Gasteiger partial charge in [0.25, 0.3) is 0 Å². The fraction of sp³-hybridized carbons (Fsp3) is 0.0500. The molecule has 0 bridgehead atoms. The highest BCUT2D eigenvalue weighted by Gasteiger charge is 2.13. The van der Waals surface area contributed by atoms with E-state index in [-0.39, 0.29) is 0 Å². The lowest BCUT2D eigenvalue weighted by molar-refractivity contribution is 1.27. The zero-order valence-electron chi connectivity index (χ0n) is 12.3. The Kier molecular flexibility index (Phi) is 3.24. The van der Waals surface area contributed by atoms with Gasteiger partial charge in [-0.2, -0.15) is 0 Å². The third-order valence-corrected chi connectivity index (χ3v) is 5.09. The lowest BCUT2D eigenvalue weighted by atomic mass is 10.0. The van der Waals surface area contributed by atoms with Crippen LogP contribution in [0.4, 0.5) is 0 Å². The van der Waals surface area contributed by atoms with E-state index in [9.17, 15) is 0 Å². The molecule has 0 radical (unpaired) electrons. The van der Waals surface area contributed by atoms with Crippen molar-refractivity contribution in [1.29, 1.82) is 0 Å². The number of fused-ring (bicyclic) bond motifs is 1. The monoisotopic (exact) mass is 301 g/mol. The van der Waals surface area contributed by atoms with E-state index in [1.807, 2.05) is 6.07 Å². The predicted molar refractivity (Wildman–Crippen MR) is 95.2 cm³/mol. The summed E-state index contributed by atoms with van der Waals surface area (Å²) in [7, 11) is 0. The molecule has 106 valence electrons. The molecule has 3 aromatic carbocycles. The topological polar surface area (TPSA) is 12.9 Å².